The fourth-order valence-corrected chi connectivity index (χ4v) is 3.85. The summed E-state index contributed by atoms with van der Waals surface area (Å²) < 4.78 is 1.51. The molecule has 0 bridgehead atoms. The first-order valence-electron chi connectivity index (χ1n) is 10.1. The van der Waals surface area contributed by atoms with Crippen molar-refractivity contribution in [2.24, 2.45) is 7.05 Å². The number of hydrogen-bond donors (Lipinski definition) is 3. The van der Waals surface area contributed by atoms with Gasteiger partial charge in [-0.15, -0.1) is 11.3 Å². The van der Waals surface area contributed by atoms with E-state index in [0.717, 1.165) is 16.7 Å². The Morgan fingerprint density at radius 1 is 1.03 bits per heavy atom. The molecule has 0 unspecified atom stereocenters. The maximum atomic E-state index is 12.2. The Balaban J connectivity index is 1.40. The second kappa shape index (κ2) is 9.49. The van der Waals surface area contributed by atoms with Gasteiger partial charge in [0.1, 0.15) is 0 Å². The molecule has 4 N–H and O–H groups in total. The summed E-state index contributed by atoms with van der Waals surface area (Å²) in [6.45, 7) is -0.184. The summed E-state index contributed by atoms with van der Waals surface area (Å²) in [7, 11) is 1.71. The fourth-order valence-electron chi connectivity index (χ4n) is 3.11. The molecular formula is C24H21N5O3S. The van der Waals surface area contributed by atoms with E-state index in [9.17, 15) is 14.4 Å². The van der Waals surface area contributed by atoms with Gasteiger partial charge in [-0.1, -0.05) is 18.2 Å². The van der Waals surface area contributed by atoms with Crippen molar-refractivity contribution in [3.8, 4) is 22.4 Å². The highest BCUT2D eigenvalue weighted by Crippen LogP contribution is 2.28. The Morgan fingerprint density at radius 3 is 2.52 bits per heavy atom. The zero-order chi connectivity index (χ0) is 23.4. The number of aryl methyl sites for hydroxylation is 1. The van der Waals surface area contributed by atoms with E-state index in [1.165, 1.54) is 15.9 Å². The highest BCUT2D eigenvalue weighted by molar-refractivity contribution is 7.14. The number of hydrogen-bond acceptors (Lipinski definition) is 6. The van der Waals surface area contributed by atoms with E-state index in [4.69, 9.17) is 5.73 Å². The van der Waals surface area contributed by atoms with Gasteiger partial charge < -0.3 is 20.9 Å². The SMILES string of the molecule is Cn1ccc(-c2cccc(-c3csc(NC(=O)CNC(=O)c4ccc(N)cc4)n3)c2)cc1=O. The molecule has 2 aromatic carbocycles. The third kappa shape index (κ3) is 5.34. The molecule has 2 amide bonds. The van der Waals surface area contributed by atoms with Gasteiger partial charge in [0.05, 0.1) is 12.2 Å². The number of nitrogens with zero attached hydrogens (tertiary/aromatic N) is 2. The van der Waals surface area contributed by atoms with Gasteiger partial charge in [-0.05, 0) is 47.5 Å². The monoisotopic (exact) mass is 459 g/mol. The van der Waals surface area contributed by atoms with E-state index in [2.05, 4.69) is 15.6 Å². The van der Waals surface area contributed by atoms with Gasteiger partial charge >= 0.3 is 0 Å². The van der Waals surface area contributed by atoms with Crippen LogP contribution in [0.25, 0.3) is 22.4 Å². The molecule has 0 aliphatic carbocycles. The third-order valence-corrected chi connectivity index (χ3v) is 5.69. The molecule has 0 saturated heterocycles. The van der Waals surface area contributed by atoms with Crippen molar-refractivity contribution in [2.45, 2.75) is 0 Å². The van der Waals surface area contributed by atoms with Crippen LogP contribution in [0, 0.1) is 0 Å². The van der Waals surface area contributed by atoms with Gasteiger partial charge in [0.2, 0.25) is 5.91 Å². The zero-order valence-electron chi connectivity index (χ0n) is 17.7. The third-order valence-electron chi connectivity index (χ3n) is 4.93. The van der Waals surface area contributed by atoms with Crippen molar-refractivity contribution in [2.75, 3.05) is 17.6 Å². The van der Waals surface area contributed by atoms with Crippen molar-refractivity contribution in [3.05, 3.63) is 88.2 Å². The van der Waals surface area contributed by atoms with Crippen molar-refractivity contribution < 1.29 is 9.59 Å². The molecule has 2 aromatic heterocycles. The minimum atomic E-state index is -0.381. The molecule has 0 radical (unpaired) electrons. The zero-order valence-corrected chi connectivity index (χ0v) is 18.6. The van der Waals surface area contributed by atoms with Crippen LogP contribution in [0.15, 0.2) is 77.0 Å². The number of benzene rings is 2. The highest BCUT2D eigenvalue weighted by Gasteiger charge is 2.11. The molecule has 0 aliphatic rings. The number of nitrogen functional groups attached to an aromatic ring is 1. The molecule has 166 valence electrons. The highest BCUT2D eigenvalue weighted by atomic mass is 32.1. The lowest BCUT2D eigenvalue weighted by Crippen LogP contribution is -2.32. The molecule has 2 heterocycles. The number of thiazole rings is 1. The van der Waals surface area contributed by atoms with E-state index >= 15 is 0 Å². The molecule has 8 nitrogen and oxygen atoms in total. The van der Waals surface area contributed by atoms with Crippen LogP contribution in [-0.4, -0.2) is 27.9 Å². The quantitative estimate of drug-likeness (QED) is 0.383. The van der Waals surface area contributed by atoms with Crippen LogP contribution in [0.2, 0.25) is 0 Å². The van der Waals surface area contributed by atoms with Crippen molar-refractivity contribution >= 4 is 34.0 Å². The van der Waals surface area contributed by atoms with Crippen LogP contribution in [0.4, 0.5) is 10.8 Å². The molecule has 0 saturated carbocycles. The summed E-state index contributed by atoms with van der Waals surface area (Å²) in [6, 6.07) is 17.6. The van der Waals surface area contributed by atoms with Gasteiger partial charge in [-0.25, -0.2) is 4.98 Å². The van der Waals surface area contributed by atoms with Crippen LogP contribution in [0.5, 0.6) is 0 Å². The summed E-state index contributed by atoms with van der Waals surface area (Å²) in [5.41, 5.74) is 9.79. The fraction of sp³-hybridized carbons (Fsp3) is 0.0833. The van der Waals surface area contributed by atoms with E-state index in [1.807, 2.05) is 35.7 Å². The average Bonchev–Trinajstić information content (AvgIpc) is 3.28. The minimum Gasteiger partial charge on any atom is -0.399 e. The summed E-state index contributed by atoms with van der Waals surface area (Å²) in [5, 5.41) is 7.53. The first kappa shape index (κ1) is 22.0. The second-order valence-electron chi connectivity index (χ2n) is 7.34. The van der Waals surface area contributed by atoms with Crippen LogP contribution in [0.1, 0.15) is 10.4 Å². The minimum absolute atomic E-state index is 0.0833. The molecule has 0 fully saturated rings. The Morgan fingerprint density at radius 2 is 1.76 bits per heavy atom. The largest absolute Gasteiger partial charge is 0.399 e. The summed E-state index contributed by atoms with van der Waals surface area (Å²) in [4.78, 5) is 40.8. The van der Waals surface area contributed by atoms with E-state index in [-0.39, 0.29) is 23.9 Å². The van der Waals surface area contributed by atoms with Crippen LogP contribution in [0.3, 0.4) is 0 Å². The van der Waals surface area contributed by atoms with Gasteiger partial charge in [-0.3, -0.25) is 14.4 Å². The Hall–Kier alpha value is -4.24. The topological polar surface area (TPSA) is 119 Å². The lowest BCUT2D eigenvalue weighted by Gasteiger charge is -2.06. The van der Waals surface area contributed by atoms with Crippen LogP contribution >= 0.6 is 11.3 Å². The number of rotatable bonds is 6. The first-order chi connectivity index (χ1) is 15.9. The standard InChI is InChI=1S/C24H21N5O3S/c1-29-10-9-17(12-22(29)31)16-3-2-4-18(11-16)20-14-33-24(27-20)28-21(30)13-26-23(32)15-5-7-19(25)8-6-15/h2-12,14H,13,25H2,1H3,(H,26,32)(H,27,28,30). The summed E-state index contributed by atoms with van der Waals surface area (Å²) in [6.07, 6.45) is 1.73. The van der Waals surface area contributed by atoms with Crippen molar-refractivity contribution in [1.29, 1.82) is 0 Å². The van der Waals surface area contributed by atoms with Crippen molar-refractivity contribution in [3.63, 3.8) is 0 Å². The Bertz CT molecular complexity index is 1380. The summed E-state index contributed by atoms with van der Waals surface area (Å²) in [5.74, 6) is -0.744. The lowest BCUT2D eigenvalue weighted by molar-refractivity contribution is -0.115. The van der Waals surface area contributed by atoms with Gasteiger partial charge in [0.15, 0.2) is 5.13 Å². The predicted octanol–water partition coefficient (Wildman–Crippen LogP) is 3.13. The first-order valence-corrected chi connectivity index (χ1v) is 10.9. The van der Waals surface area contributed by atoms with Gasteiger partial charge in [-0.2, -0.15) is 0 Å². The van der Waals surface area contributed by atoms with Crippen LogP contribution in [-0.2, 0) is 11.8 Å². The molecule has 0 aliphatic heterocycles. The number of amides is 2. The van der Waals surface area contributed by atoms with Gasteiger partial charge in [0, 0.05) is 41.5 Å². The lowest BCUT2D eigenvalue weighted by atomic mass is 10.0. The number of nitrogens with one attached hydrogen (secondary N) is 2. The smallest absolute Gasteiger partial charge is 0.251 e. The predicted molar refractivity (Wildman–Crippen MR) is 130 cm³/mol. The molecule has 0 atom stereocenters. The average molecular weight is 460 g/mol. The molecule has 4 aromatic rings. The molecule has 9 heteroatoms. The van der Waals surface area contributed by atoms with Gasteiger partial charge in [0.25, 0.3) is 11.5 Å². The maximum absolute atomic E-state index is 12.2. The number of aromatic nitrogens is 2. The van der Waals surface area contributed by atoms with E-state index in [1.54, 1.807) is 43.6 Å². The van der Waals surface area contributed by atoms with Crippen molar-refractivity contribution in [1.82, 2.24) is 14.9 Å². The van der Waals surface area contributed by atoms with E-state index < -0.39 is 0 Å². The number of carbonyl (C=O) groups is 2. The number of nitrogens with two attached hydrogens (primary N) is 1. The molecule has 33 heavy (non-hydrogen) atoms. The normalized spacial score (nSPS) is 10.6. The maximum Gasteiger partial charge on any atom is 0.251 e. The Labute approximate surface area is 193 Å². The Kier molecular flexibility index (Phi) is 6.32. The van der Waals surface area contributed by atoms with E-state index in [0.29, 0.717) is 22.1 Å². The molecule has 0 spiro atoms. The number of anilines is 2. The number of pyridine rings is 1. The molecule has 4 rings (SSSR count). The number of carbonyl (C=O) groups excluding carboxylic acids is 2. The van der Waals surface area contributed by atoms with Crippen LogP contribution < -0.4 is 21.9 Å². The second-order valence-corrected chi connectivity index (χ2v) is 8.19. The summed E-state index contributed by atoms with van der Waals surface area (Å²) >= 11 is 1.29. The molecular weight excluding hydrogens is 438 g/mol.